The van der Waals surface area contributed by atoms with Crippen molar-refractivity contribution in [2.75, 3.05) is 40.8 Å². The van der Waals surface area contributed by atoms with E-state index in [1.165, 1.54) is 0 Å². The monoisotopic (exact) mass is 473 g/mol. The Morgan fingerprint density at radius 1 is 1.06 bits per heavy atom. The average Bonchev–Trinajstić information content (AvgIpc) is 2.91. The summed E-state index contributed by atoms with van der Waals surface area (Å²) in [4.78, 5) is 16.7. The molecule has 0 spiro atoms. The molecule has 0 aliphatic rings. The molecule has 1 aromatic heterocycles. The molecule has 2 aromatic carbocycles. The normalized spacial score (nSPS) is 10.7. The predicted octanol–water partition coefficient (Wildman–Crippen LogP) is 4.07. The van der Waals surface area contributed by atoms with E-state index in [4.69, 9.17) is 18.9 Å². The largest absolute Gasteiger partial charge is 0.481 e. The first-order valence-corrected chi connectivity index (χ1v) is 10.9. The topological polar surface area (TPSA) is 103 Å². The molecular weight excluding hydrogens is 446 g/mol. The van der Waals surface area contributed by atoms with Crippen molar-refractivity contribution in [2.45, 2.75) is 0 Å². The zero-order valence-electron chi connectivity index (χ0n) is 19.7. The van der Waals surface area contributed by atoms with Gasteiger partial charge in [-0.2, -0.15) is 5.26 Å². The van der Waals surface area contributed by atoms with E-state index < -0.39 is 0 Å². The molecule has 0 atom stereocenters. The fraction of sp³-hybridized carbons (Fsp3) is 0.222. The van der Waals surface area contributed by atoms with Crippen molar-refractivity contribution in [3.63, 3.8) is 0 Å². The van der Waals surface area contributed by atoms with Crippen LogP contribution in [-0.2, 0) is 9.47 Å². The second-order valence-electron chi connectivity index (χ2n) is 7.31. The lowest BCUT2D eigenvalue weighted by molar-refractivity contribution is -0.00856. The molecule has 0 fully saturated rings. The van der Waals surface area contributed by atoms with Gasteiger partial charge in [-0.15, -0.1) is 0 Å². The molecule has 1 heterocycles. The maximum absolute atomic E-state index is 12.5. The number of rotatable bonds is 12. The molecule has 35 heavy (non-hydrogen) atoms. The highest BCUT2D eigenvalue weighted by atomic mass is 16.7. The molecule has 0 radical (unpaired) electrons. The van der Waals surface area contributed by atoms with Gasteiger partial charge in [0.15, 0.2) is 6.79 Å². The minimum absolute atomic E-state index is 0.0649. The Labute approximate surface area is 204 Å². The molecule has 1 amide bonds. The van der Waals surface area contributed by atoms with Crippen LogP contribution in [0.4, 0.5) is 0 Å². The number of benzene rings is 2. The first-order chi connectivity index (χ1) is 17.1. The molecule has 3 rings (SSSR count). The molecular formula is C27H27N3O5. The van der Waals surface area contributed by atoms with Crippen LogP contribution in [0.2, 0.25) is 0 Å². The summed E-state index contributed by atoms with van der Waals surface area (Å²) in [6, 6.07) is 18.2. The number of methoxy groups -OCH3 is 2. The van der Waals surface area contributed by atoms with E-state index in [1.54, 1.807) is 69.0 Å². The van der Waals surface area contributed by atoms with Crippen molar-refractivity contribution < 1.29 is 23.7 Å². The lowest BCUT2D eigenvalue weighted by Gasteiger charge is -2.10. The molecule has 0 saturated heterocycles. The third-order valence-corrected chi connectivity index (χ3v) is 4.97. The lowest BCUT2D eigenvalue weighted by atomic mass is 10.1. The Balaban J connectivity index is 1.56. The number of hydrogen-bond acceptors (Lipinski definition) is 7. The smallest absolute Gasteiger partial charge is 0.251 e. The van der Waals surface area contributed by atoms with Gasteiger partial charge in [0.2, 0.25) is 5.88 Å². The Morgan fingerprint density at radius 3 is 2.54 bits per heavy atom. The molecule has 0 unspecified atom stereocenters. The van der Waals surface area contributed by atoms with Crippen LogP contribution in [0, 0.1) is 11.3 Å². The van der Waals surface area contributed by atoms with Crippen LogP contribution in [0.25, 0.3) is 17.2 Å². The van der Waals surface area contributed by atoms with Gasteiger partial charge in [0.05, 0.1) is 32.0 Å². The highest BCUT2D eigenvalue weighted by Gasteiger charge is 2.06. The zero-order chi connectivity index (χ0) is 24.9. The van der Waals surface area contributed by atoms with E-state index in [0.717, 1.165) is 11.1 Å². The van der Waals surface area contributed by atoms with E-state index >= 15 is 0 Å². The van der Waals surface area contributed by atoms with Gasteiger partial charge in [-0.05, 0) is 42.0 Å². The number of amides is 1. The number of nitrogens with one attached hydrogen (secondary N) is 1. The van der Waals surface area contributed by atoms with Gasteiger partial charge in [-0.25, -0.2) is 4.98 Å². The number of nitriles is 1. The van der Waals surface area contributed by atoms with Crippen molar-refractivity contribution in [3.05, 3.63) is 83.6 Å². The quantitative estimate of drug-likeness (QED) is 0.312. The molecule has 0 saturated carbocycles. The highest BCUT2D eigenvalue weighted by Crippen LogP contribution is 2.22. The van der Waals surface area contributed by atoms with E-state index in [9.17, 15) is 10.1 Å². The first-order valence-electron chi connectivity index (χ1n) is 10.9. The summed E-state index contributed by atoms with van der Waals surface area (Å²) in [5.74, 6) is 0.932. The fourth-order valence-corrected chi connectivity index (χ4v) is 3.11. The Kier molecular flexibility index (Phi) is 9.81. The average molecular weight is 474 g/mol. The van der Waals surface area contributed by atoms with Crippen molar-refractivity contribution in [1.29, 1.82) is 5.26 Å². The van der Waals surface area contributed by atoms with Gasteiger partial charge in [0.1, 0.15) is 5.75 Å². The maximum atomic E-state index is 12.5. The van der Waals surface area contributed by atoms with Gasteiger partial charge < -0.3 is 24.3 Å². The number of nitrogens with zero attached hydrogens (tertiary/aromatic N) is 2. The molecule has 180 valence electrons. The summed E-state index contributed by atoms with van der Waals surface area (Å²) in [6.07, 6.45) is 5.32. The molecule has 0 bridgehead atoms. The second kappa shape index (κ2) is 13.5. The molecule has 0 aliphatic heterocycles. The van der Waals surface area contributed by atoms with Gasteiger partial charge in [-0.3, -0.25) is 4.79 Å². The van der Waals surface area contributed by atoms with Crippen LogP contribution in [0.3, 0.4) is 0 Å². The van der Waals surface area contributed by atoms with Crippen LogP contribution >= 0.6 is 0 Å². The Hall–Kier alpha value is -4.19. The van der Waals surface area contributed by atoms with E-state index in [-0.39, 0.29) is 12.7 Å². The summed E-state index contributed by atoms with van der Waals surface area (Å²) < 4.78 is 21.0. The summed E-state index contributed by atoms with van der Waals surface area (Å²) in [5.41, 5.74) is 3.65. The minimum atomic E-state index is -0.192. The number of ether oxygens (including phenoxy) is 4. The van der Waals surface area contributed by atoms with E-state index in [2.05, 4.69) is 16.4 Å². The summed E-state index contributed by atoms with van der Waals surface area (Å²) in [6.45, 7) is 1.27. The number of pyridine rings is 1. The van der Waals surface area contributed by atoms with Gasteiger partial charge >= 0.3 is 0 Å². The summed E-state index contributed by atoms with van der Waals surface area (Å²) in [7, 11) is 3.17. The number of aromatic nitrogens is 1. The maximum Gasteiger partial charge on any atom is 0.251 e. The molecule has 8 nitrogen and oxygen atoms in total. The van der Waals surface area contributed by atoms with Crippen molar-refractivity contribution >= 4 is 12.0 Å². The van der Waals surface area contributed by atoms with Crippen LogP contribution in [-0.4, -0.2) is 51.7 Å². The molecule has 0 aliphatic carbocycles. The molecule has 1 N–H and O–H groups in total. The van der Waals surface area contributed by atoms with Crippen LogP contribution < -0.4 is 14.8 Å². The second-order valence-corrected chi connectivity index (χ2v) is 7.31. The lowest BCUT2D eigenvalue weighted by Crippen LogP contribution is -2.23. The van der Waals surface area contributed by atoms with Gasteiger partial charge in [-0.1, -0.05) is 24.3 Å². The van der Waals surface area contributed by atoms with Crippen molar-refractivity contribution in [3.8, 4) is 28.8 Å². The number of hydrogen-bond donors (Lipinski definition) is 1. The fourth-order valence-electron chi connectivity index (χ4n) is 3.11. The first kappa shape index (κ1) is 25.4. The Morgan fingerprint density at radius 2 is 1.86 bits per heavy atom. The van der Waals surface area contributed by atoms with E-state index in [0.29, 0.717) is 48.1 Å². The number of carbonyl (C=O) groups is 1. The van der Waals surface area contributed by atoms with Crippen LogP contribution in [0.1, 0.15) is 21.5 Å². The predicted molar refractivity (Wildman–Crippen MR) is 132 cm³/mol. The third-order valence-electron chi connectivity index (χ3n) is 4.97. The SMILES string of the molecule is COCCOCOc1ccc(C#N)cc1/C=C/CNC(=O)c1ccc(-c2ccc(OC)nc2)cc1. The van der Waals surface area contributed by atoms with Crippen molar-refractivity contribution in [1.82, 2.24) is 10.3 Å². The highest BCUT2D eigenvalue weighted by molar-refractivity contribution is 5.94. The standard InChI is InChI=1S/C27H27N3O5/c1-32-14-15-34-19-35-25-11-5-20(17-28)16-23(25)4-3-13-29-27(31)22-8-6-21(7-9-22)24-10-12-26(33-2)30-18-24/h3-12,16,18H,13-15,19H2,1-2H3,(H,29,31)/b4-3+. The van der Waals surface area contributed by atoms with Crippen LogP contribution in [0.15, 0.2) is 66.9 Å². The van der Waals surface area contributed by atoms with Gasteiger partial charge in [0, 0.05) is 42.6 Å². The third kappa shape index (κ3) is 7.67. The molecule has 3 aromatic rings. The van der Waals surface area contributed by atoms with Crippen molar-refractivity contribution in [2.24, 2.45) is 0 Å². The minimum Gasteiger partial charge on any atom is -0.481 e. The van der Waals surface area contributed by atoms with Gasteiger partial charge in [0.25, 0.3) is 5.91 Å². The number of carbonyl (C=O) groups excluding carboxylic acids is 1. The van der Waals surface area contributed by atoms with Crippen LogP contribution in [0.5, 0.6) is 11.6 Å². The zero-order valence-corrected chi connectivity index (χ0v) is 19.7. The Bertz CT molecular complexity index is 1170. The summed E-state index contributed by atoms with van der Waals surface area (Å²) >= 11 is 0. The van der Waals surface area contributed by atoms with E-state index in [1.807, 2.05) is 18.2 Å². The molecule has 8 heteroatoms. The summed E-state index contributed by atoms with van der Waals surface area (Å²) in [5, 5.41) is 12.1.